The molecular weight excluding hydrogens is 366 g/mol. The van der Waals surface area contributed by atoms with Crippen molar-refractivity contribution < 1.29 is 4.79 Å². The Labute approximate surface area is 169 Å². The molecule has 0 unspecified atom stereocenters. The first-order chi connectivity index (χ1) is 14.2. The Balaban J connectivity index is 1.44. The molecule has 150 valence electrons. The SMILES string of the molecule is CCn1c(=O)c(N2CCN(C(=O)NCc3ccccc3)CC2)nc2ccccc21. The number of benzene rings is 2. The van der Waals surface area contributed by atoms with Crippen LogP contribution < -0.4 is 15.8 Å². The molecule has 1 fully saturated rings. The summed E-state index contributed by atoms with van der Waals surface area (Å²) < 4.78 is 1.76. The number of carbonyl (C=O) groups is 1. The molecule has 2 amide bonds. The molecular formula is C22H25N5O2. The predicted octanol–water partition coefficient (Wildman–Crippen LogP) is 2.45. The smallest absolute Gasteiger partial charge is 0.317 e. The molecule has 0 atom stereocenters. The third-order valence-corrected chi connectivity index (χ3v) is 5.30. The van der Waals surface area contributed by atoms with E-state index in [0.29, 0.717) is 45.1 Å². The molecule has 1 N–H and O–H groups in total. The quantitative estimate of drug-likeness (QED) is 0.742. The number of nitrogens with one attached hydrogen (secondary N) is 1. The maximum absolute atomic E-state index is 13.0. The molecule has 1 aromatic heterocycles. The number of aromatic nitrogens is 2. The number of aryl methyl sites for hydroxylation is 1. The summed E-state index contributed by atoms with van der Waals surface area (Å²) in [4.78, 5) is 33.8. The van der Waals surface area contributed by atoms with Crippen LogP contribution in [0.25, 0.3) is 11.0 Å². The number of amides is 2. The van der Waals surface area contributed by atoms with Gasteiger partial charge in [0, 0.05) is 39.3 Å². The molecule has 4 rings (SSSR count). The molecule has 2 aromatic carbocycles. The monoisotopic (exact) mass is 391 g/mol. The third kappa shape index (κ3) is 3.94. The van der Waals surface area contributed by atoms with Gasteiger partial charge < -0.3 is 19.7 Å². The van der Waals surface area contributed by atoms with Crippen molar-refractivity contribution in [3.63, 3.8) is 0 Å². The van der Waals surface area contributed by atoms with Gasteiger partial charge in [0.25, 0.3) is 5.56 Å². The van der Waals surface area contributed by atoms with Gasteiger partial charge in [0.1, 0.15) is 0 Å². The minimum atomic E-state index is -0.0778. The fourth-order valence-electron chi connectivity index (χ4n) is 3.71. The zero-order valence-electron chi connectivity index (χ0n) is 16.5. The molecule has 0 aliphatic carbocycles. The van der Waals surface area contributed by atoms with Gasteiger partial charge in [-0.1, -0.05) is 42.5 Å². The first-order valence-electron chi connectivity index (χ1n) is 9.98. The molecule has 1 saturated heterocycles. The fourth-order valence-corrected chi connectivity index (χ4v) is 3.71. The standard InChI is InChI=1S/C22H25N5O2/c1-2-27-19-11-7-6-10-18(19)24-20(21(27)28)25-12-14-26(15-13-25)22(29)23-16-17-8-4-3-5-9-17/h3-11H,2,12-16H2,1H3,(H,23,29). The second-order valence-corrected chi connectivity index (χ2v) is 7.09. The average Bonchev–Trinajstić information content (AvgIpc) is 2.78. The van der Waals surface area contributed by atoms with Crippen LogP contribution in [0.15, 0.2) is 59.4 Å². The van der Waals surface area contributed by atoms with Crippen LogP contribution in [0.2, 0.25) is 0 Å². The molecule has 0 bridgehead atoms. The third-order valence-electron chi connectivity index (χ3n) is 5.30. The van der Waals surface area contributed by atoms with Crippen molar-refractivity contribution in [3.8, 4) is 0 Å². The van der Waals surface area contributed by atoms with Gasteiger partial charge in [-0.05, 0) is 24.6 Å². The van der Waals surface area contributed by atoms with Crippen molar-refractivity contribution in [2.24, 2.45) is 0 Å². The molecule has 2 heterocycles. The lowest BCUT2D eigenvalue weighted by atomic mass is 10.2. The summed E-state index contributed by atoms with van der Waals surface area (Å²) in [7, 11) is 0. The van der Waals surface area contributed by atoms with E-state index in [1.807, 2.05) is 66.4 Å². The Hall–Kier alpha value is -3.35. The van der Waals surface area contributed by atoms with Crippen LogP contribution >= 0.6 is 0 Å². The van der Waals surface area contributed by atoms with Gasteiger partial charge in [-0.3, -0.25) is 4.79 Å². The molecule has 1 aliphatic heterocycles. The van der Waals surface area contributed by atoms with Crippen molar-refractivity contribution >= 4 is 22.9 Å². The number of nitrogens with zero attached hydrogens (tertiary/aromatic N) is 4. The average molecular weight is 391 g/mol. The summed E-state index contributed by atoms with van der Waals surface area (Å²) in [6.07, 6.45) is 0. The van der Waals surface area contributed by atoms with Gasteiger partial charge in [-0.15, -0.1) is 0 Å². The number of carbonyl (C=O) groups excluding carboxylic acids is 1. The Morgan fingerprint density at radius 2 is 1.69 bits per heavy atom. The van der Waals surface area contributed by atoms with E-state index in [0.717, 1.165) is 16.6 Å². The van der Waals surface area contributed by atoms with Gasteiger partial charge in [0.05, 0.1) is 11.0 Å². The molecule has 0 spiro atoms. The molecule has 7 heteroatoms. The van der Waals surface area contributed by atoms with Gasteiger partial charge in [0.15, 0.2) is 5.82 Å². The molecule has 3 aromatic rings. The van der Waals surface area contributed by atoms with Crippen molar-refractivity contribution in [2.75, 3.05) is 31.1 Å². The molecule has 1 aliphatic rings. The zero-order chi connectivity index (χ0) is 20.2. The number of anilines is 1. The van der Waals surface area contributed by atoms with Gasteiger partial charge in [0.2, 0.25) is 0 Å². The van der Waals surface area contributed by atoms with Gasteiger partial charge in [-0.25, -0.2) is 9.78 Å². The van der Waals surface area contributed by atoms with Crippen LogP contribution in [0.5, 0.6) is 0 Å². The fraction of sp³-hybridized carbons (Fsp3) is 0.318. The largest absolute Gasteiger partial charge is 0.348 e. The number of piperazine rings is 1. The topological polar surface area (TPSA) is 70.5 Å². The highest BCUT2D eigenvalue weighted by Crippen LogP contribution is 2.16. The maximum atomic E-state index is 13.0. The molecule has 0 radical (unpaired) electrons. The minimum Gasteiger partial charge on any atom is -0.348 e. The first-order valence-corrected chi connectivity index (χ1v) is 9.98. The van der Waals surface area contributed by atoms with E-state index in [1.54, 1.807) is 9.47 Å². The molecule has 0 saturated carbocycles. The Morgan fingerprint density at radius 1 is 1.00 bits per heavy atom. The van der Waals surface area contributed by atoms with E-state index in [-0.39, 0.29) is 11.6 Å². The highest BCUT2D eigenvalue weighted by molar-refractivity contribution is 5.77. The number of hydrogen-bond acceptors (Lipinski definition) is 4. The first kappa shape index (κ1) is 19.0. The lowest BCUT2D eigenvalue weighted by molar-refractivity contribution is 0.193. The minimum absolute atomic E-state index is 0.0758. The normalized spacial score (nSPS) is 14.2. The van der Waals surface area contributed by atoms with Crippen LogP contribution in [-0.4, -0.2) is 46.7 Å². The Kier molecular flexibility index (Phi) is 5.46. The van der Waals surface area contributed by atoms with Crippen LogP contribution in [0, 0.1) is 0 Å². The van der Waals surface area contributed by atoms with Crippen LogP contribution in [0.3, 0.4) is 0 Å². The predicted molar refractivity (Wildman–Crippen MR) is 114 cm³/mol. The second kappa shape index (κ2) is 8.34. The van der Waals surface area contributed by atoms with Crippen molar-refractivity contribution in [3.05, 3.63) is 70.5 Å². The summed E-state index contributed by atoms with van der Waals surface area (Å²) in [5, 5.41) is 2.96. The van der Waals surface area contributed by atoms with Crippen molar-refractivity contribution in [1.29, 1.82) is 0 Å². The van der Waals surface area contributed by atoms with Crippen LogP contribution in [0.1, 0.15) is 12.5 Å². The molecule has 7 nitrogen and oxygen atoms in total. The lowest BCUT2D eigenvalue weighted by Crippen LogP contribution is -2.53. The van der Waals surface area contributed by atoms with E-state index < -0.39 is 0 Å². The Morgan fingerprint density at radius 3 is 2.41 bits per heavy atom. The zero-order valence-corrected chi connectivity index (χ0v) is 16.5. The highest BCUT2D eigenvalue weighted by Gasteiger charge is 2.24. The van der Waals surface area contributed by atoms with Crippen LogP contribution in [-0.2, 0) is 13.1 Å². The highest BCUT2D eigenvalue weighted by atomic mass is 16.2. The summed E-state index contributed by atoms with van der Waals surface area (Å²) in [6.45, 7) is 5.35. The second-order valence-electron chi connectivity index (χ2n) is 7.09. The van der Waals surface area contributed by atoms with Gasteiger partial charge >= 0.3 is 6.03 Å². The summed E-state index contributed by atoms with van der Waals surface area (Å²) in [5.74, 6) is 0.467. The van der Waals surface area contributed by atoms with E-state index in [2.05, 4.69) is 10.3 Å². The van der Waals surface area contributed by atoms with E-state index >= 15 is 0 Å². The Bertz CT molecular complexity index is 1060. The summed E-state index contributed by atoms with van der Waals surface area (Å²) >= 11 is 0. The summed E-state index contributed by atoms with van der Waals surface area (Å²) in [6, 6.07) is 17.5. The number of rotatable bonds is 4. The van der Waals surface area contributed by atoms with E-state index in [9.17, 15) is 9.59 Å². The number of para-hydroxylation sites is 2. The summed E-state index contributed by atoms with van der Waals surface area (Å²) in [5.41, 5.74) is 2.66. The van der Waals surface area contributed by atoms with Crippen molar-refractivity contribution in [2.45, 2.75) is 20.0 Å². The van der Waals surface area contributed by atoms with Crippen LogP contribution in [0.4, 0.5) is 10.6 Å². The molecule has 29 heavy (non-hydrogen) atoms. The maximum Gasteiger partial charge on any atom is 0.317 e. The van der Waals surface area contributed by atoms with Crippen molar-refractivity contribution in [1.82, 2.24) is 19.8 Å². The number of hydrogen-bond donors (Lipinski definition) is 1. The number of urea groups is 1. The van der Waals surface area contributed by atoms with E-state index in [4.69, 9.17) is 0 Å². The van der Waals surface area contributed by atoms with Gasteiger partial charge in [-0.2, -0.15) is 0 Å². The number of fused-ring (bicyclic) bond motifs is 1. The lowest BCUT2D eigenvalue weighted by Gasteiger charge is -2.35. The van der Waals surface area contributed by atoms with E-state index in [1.165, 1.54) is 0 Å².